The Balaban J connectivity index is 1.83. The van der Waals surface area contributed by atoms with Crippen LogP contribution in [-0.2, 0) is 22.6 Å². The number of hydrogen-bond donors (Lipinski definition) is 3. The van der Waals surface area contributed by atoms with Crippen LogP contribution in [0.4, 0.5) is 0 Å². The Bertz CT molecular complexity index is 541. The molecule has 1 aromatic heterocycles. The molecule has 0 aromatic carbocycles. The molecule has 2 heterocycles. The number of aromatic amines is 1. The molecule has 7 heteroatoms. The van der Waals surface area contributed by atoms with Crippen LogP contribution in [0.3, 0.4) is 0 Å². The van der Waals surface area contributed by atoms with E-state index in [9.17, 15) is 14.7 Å². The van der Waals surface area contributed by atoms with Crippen LogP contribution in [0.5, 0.6) is 0 Å². The number of fused-ring (bicyclic) bond motifs is 1. The summed E-state index contributed by atoms with van der Waals surface area (Å²) in [6.07, 6.45) is 4.04. The number of carboxylic acid groups (broad SMARTS) is 1. The molecule has 4 N–H and O–H groups in total. The van der Waals surface area contributed by atoms with E-state index >= 15 is 0 Å². The van der Waals surface area contributed by atoms with Gasteiger partial charge in [0.15, 0.2) is 0 Å². The van der Waals surface area contributed by atoms with Gasteiger partial charge in [0.25, 0.3) is 0 Å². The maximum atomic E-state index is 12.6. The molecule has 1 aliphatic carbocycles. The molecule has 0 saturated heterocycles. The predicted molar refractivity (Wildman–Crippen MR) is 69.6 cm³/mol. The fourth-order valence-electron chi connectivity index (χ4n) is 3.16. The summed E-state index contributed by atoms with van der Waals surface area (Å²) in [6, 6.07) is -0.769. The number of amides is 1. The number of aliphatic carboxylic acids is 1. The van der Waals surface area contributed by atoms with Gasteiger partial charge in [0.2, 0.25) is 5.91 Å². The lowest BCUT2D eigenvalue weighted by Gasteiger charge is -2.34. The van der Waals surface area contributed by atoms with E-state index in [1.807, 2.05) is 0 Å². The molecule has 7 nitrogen and oxygen atoms in total. The minimum Gasteiger partial charge on any atom is -0.480 e. The van der Waals surface area contributed by atoms with Crippen molar-refractivity contribution < 1.29 is 14.7 Å². The number of H-pyrrole nitrogens is 1. The molecule has 1 fully saturated rings. The zero-order chi connectivity index (χ0) is 14.3. The van der Waals surface area contributed by atoms with Gasteiger partial charge in [-0.2, -0.15) is 0 Å². The quantitative estimate of drug-likeness (QED) is 0.698. The molecule has 0 spiro atoms. The van der Waals surface area contributed by atoms with Crippen LogP contribution in [0.2, 0.25) is 0 Å². The summed E-state index contributed by atoms with van der Waals surface area (Å²) >= 11 is 0. The summed E-state index contributed by atoms with van der Waals surface area (Å²) in [5.41, 5.74) is 7.42. The van der Waals surface area contributed by atoms with Gasteiger partial charge in [0.1, 0.15) is 6.04 Å². The van der Waals surface area contributed by atoms with Gasteiger partial charge < -0.3 is 20.7 Å². The zero-order valence-corrected chi connectivity index (χ0v) is 11.1. The number of carbonyl (C=O) groups is 2. The first-order valence-corrected chi connectivity index (χ1v) is 6.86. The van der Waals surface area contributed by atoms with Crippen LogP contribution in [0.15, 0.2) is 6.33 Å². The van der Waals surface area contributed by atoms with E-state index < -0.39 is 12.0 Å². The molecule has 108 valence electrons. The van der Waals surface area contributed by atoms with E-state index in [0.717, 1.165) is 24.2 Å². The molecule has 1 aromatic rings. The van der Waals surface area contributed by atoms with Crippen LogP contribution in [0.1, 0.15) is 30.7 Å². The van der Waals surface area contributed by atoms with E-state index in [1.165, 1.54) is 4.90 Å². The predicted octanol–water partition coefficient (Wildman–Crippen LogP) is -0.125. The highest BCUT2D eigenvalue weighted by molar-refractivity contribution is 5.86. The highest BCUT2D eigenvalue weighted by Gasteiger charge is 2.40. The summed E-state index contributed by atoms with van der Waals surface area (Å²) in [7, 11) is 0. The Morgan fingerprint density at radius 2 is 2.25 bits per heavy atom. The normalized spacial score (nSPS) is 29.2. The first-order chi connectivity index (χ1) is 9.56. The first-order valence-electron chi connectivity index (χ1n) is 6.86. The number of nitrogens with one attached hydrogen (secondary N) is 1. The maximum Gasteiger partial charge on any atom is 0.326 e. The van der Waals surface area contributed by atoms with Gasteiger partial charge in [-0.05, 0) is 19.3 Å². The van der Waals surface area contributed by atoms with Gasteiger partial charge in [0.05, 0.1) is 24.3 Å². The summed E-state index contributed by atoms with van der Waals surface area (Å²) in [5.74, 6) is -1.21. The Morgan fingerprint density at radius 1 is 1.45 bits per heavy atom. The minimum atomic E-state index is -0.978. The number of nitrogens with two attached hydrogens (primary N) is 1. The molecule has 1 amide bonds. The lowest BCUT2D eigenvalue weighted by molar-refractivity contribution is -0.153. The second-order valence-corrected chi connectivity index (χ2v) is 5.62. The number of rotatable bonds is 2. The third kappa shape index (κ3) is 2.18. The largest absolute Gasteiger partial charge is 0.480 e. The van der Waals surface area contributed by atoms with Gasteiger partial charge in [-0.15, -0.1) is 0 Å². The number of nitrogens with zero attached hydrogens (tertiary/aromatic N) is 2. The van der Waals surface area contributed by atoms with Crippen LogP contribution < -0.4 is 5.73 Å². The fourth-order valence-corrected chi connectivity index (χ4v) is 3.16. The third-order valence-electron chi connectivity index (χ3n) is 4.29. The van der Waals surface area contributed by atoms with Crippen LogP contribution in [0, 0.1) is 5.92 Å². The van der Waals surface area contributed by atoms with Gasteiger partial charge >= 0.3 is 5.97 Å². The van der Waals surface area contributed by atoms with Crippen molar-refractivity contribution in [3.63, 3.8) is 0 Å². The molecule has 20 heavy (non-hydrogen) atoms. The molecule has 0 radical (unpaired) electrons. The molecular weight excluding hydrogens is 260 g/mol. The second-order valence-electron chi connectivity index (χ2n) is 5.62. The minimum absolute atomic E-state index is 0.0553. The summed E-state index contributed by atoms with van der Waals surface area (Å²) < 4.78 is 0. The first kappa shape index (κ1) is 13.1. The van der Waals surface area contributed by atoms with E-state index in [2.05, 4.69) is 9.97 Å². The second kappa shape index (κ2) is 4.90. The number of carboxylic acids is 1. The van der Waals surface area contributed by atoms with E-state index in [4.69, 9.17) is 5.73 Å². The van der Waals surface area contributed by atoms with E-state index in [1.54, 1.807) is 6.33 Å². The van der Waals surface area contributed by atoms with Crippen LogP contribution in [0.25, 0.3) is 0 Å². The average Bonchev–Trinajstić information content (AvgIpc) is 3.04. The number of imidazole rings is 1. The average molecular weight is 278 g/mol. The maximum absolute atomic E-state index is 12.6. The summed E-state index contributed by atoms with van der Waals surface area (Å²) in [4.78, 5) is 32.5. The molecule has 1 saturated carbocycles. The van der Waals surface area contributed by atoms with Crippen LogP contribution >= 0.6 is 0 Å². The van der Waals surface area contributed by atoms with Crippen molar-refractivity contribution in [2.45, 2.75) is 44.3 Å². The Kier molecular flexibility index (Phi) is 3.21. The van der Waals surface area contributed by atoms with Crippen molar-refractivity contribution in [2.75, 3.05) is 0 Å². The molecule has 0 bridgehead atoms. The monoisotopic (exact) mass is 278 g/mol. The van der Waals surface area contributed by atoms with Crippen molar-refractivity contribution in [1.29, 1.82) is 0 Å². The smallest absolute Gasteiger partial charge is 0.326 e. The highest BCUT2D eigenvalue weighted by Crippen LogP contribution is 2.29. The molecular formula is C13H18N4O3. The summed E-state index contributed by atoms with van der Waals surface area (Å²) in [5, 5.41) is 9.36. The van der Waals surface area contributed by atoms with Gasteiger partial charge in [-0.25, -0.2) is 9.78 Å². The van der Waals surface area contributed by atoms with Crippen molar-refractivity contribution >= 4 is 11.9 Å². The molecule has 3 unspecified atom stereocenters. The van der Waals surface area contributed by atoms with E-state index in [-0.39, 0.29) is 30.8 Å². The molecule has 2 aliphatic rings. The highest BCUT2D eigenvalue weighted by atomic mass is 16.4. The molecule has 3 rings (SSSR count). The van der Waals surface area contributed by atoms with Gasteiger partial charge in [-0.1, -0.05) is 0 Å². The Hall–Kier alpha value is -1.89. The number of carbonyl (C=O) groups excluding carboxylic acids is 1. The topological polar surface area (TPSA) is 112 Å². The molecule has 3 atom stereocenters. The van der Waals surface area contributed by atoms with Crippen molar-refractivity contribution in [3.05, 3.63) is 17.7 Å². The fraction of sp³-hybridized carbons (Fsp3) is 0.615. The third-order valence-corrected chi connectivity index (χ3v) is 4.29. The number of hydrogen-bond acceptors (Lipinski definition) is 4. The van der Waals surface area contributed by atoms with Crippen molar-refractivity contribution in [2.24, 2.45) is 11.7 Å². The Morgan fingerprint density at radius 3 is 2.90 bits per heavy atom. The molecule has 1 aliphatic heterocycles. The van der Waals surface area contributed by atoms with Gasteiger partial charge in [0, 0.05) is 18.4 Å². The summed E-state index contributed by atoms with van der Waals surface area (Å²) in [6.45, 7) is 0.289. The van der Waals surface area contributed by atoms with Gasteiger partial charge in [-0.3, -0.25) is 4.79 Å². The van der Waals surface area contributed by atoms with Crippen molar-refractivity contribution in [3.8, 4) is 0 Å². The van der Waals surface area contributed by atoms with Crippen molar-refractivity contribution in [1.82, 2.24) is 14.9 Å². The SMILES string of the molecule is NC1CCC(C(=O)N2Cc3[nH]cnc3CC2C(=O)O)C1. The standard InChI is InChI=1S/C13H18N4O3/c14-8-2-1-7(3-8)12(18)17-5-10-9(15-6-16-10)4-11(17)13(19)20/h6-8,11H,1-5,14H2,(H,15,16)(H,19,20). The van der Waals surface area contributed by atoms with Crippen LogP contribution in [-0.4, -0.2) is 43.9 Å². The Labute approximate surface area is 116 Å². The lowest BCUT2D eigenvalue weighted by atomic mass is 9.98. The zero-order valence-electron chi connectivity index (χ0n) is 11.1. The number of aromatic nitrogens is 2. The van der Waals surface area contributed by atoms with E-state index in [0.29, 0.717) is 6.42 Å². The lowest BCUT2D eigenvalue weighted by Crippen LogP contribution is -2.50.